The zero-order chi connectivity index (χ0) is 47.2. The van der Waals surface area contributed by atoms with Crippen molar-refractivity contribution in [2.45, 2.75) is 26.2 Å². The second-order valence-electron chi connectivity index (χ2n) is 19.0. The lowest BCUT2D eigenvalue weighted by Gasteiger charge is -2.28. The molecular formula is C68H52N2. The van der Waals surface area contributed by atoms with Crippen LogP contribution in [-0.2, 0) is 5.41 Å². The third kappa shape index (κ3) is 7.55. The standard InChI is InChI=1S/C68H52N2/c1-47-20-18-32-64-67(47)59-43-42-57(44-65(59)68(64,2)3)69(53-27-12-6-13-28-53)55-38-34-51(35-39-55)62-45-61(50-23-10-5-11-24-50)63(46-60(62)49-21-8-4-9-22-49)52-36-40-56(41-37-52)70(54-29-14-7-15-30-54)66-33-19-26-48-25-16-17-31-58(48)66/h4-46H,1-3H3. The van der Waals surface area contributed by atoms with Gasteiger partial charge in [0.25, 0.3) is 0 Å². The molecule has 0 amide bonds. The van der Waals surface area contributed by atoms with E-state index in [-0.39, 0.29) is 5.41 Å². The monoisotopic (exact) mass is 896 g/mol. The first-order chi connectivity index (χ1) is 34.4. The Hall–Kier alpha value is -8.72. The van der Waals surface area contributed by atoms with Gasteiger partial charge in [-0.3, -0.25) is 0 Å². The van der Waals surface area contributed by atoms with Gasteiger partial charge < -0.3 is 9.80 Å². The second-order valence-corrected chi connectivity index (χ2v) is 19.0. The number of para-hydroxylation sites is 2. The smallest absolute Gasteiger partial charge is 0.0540 e. The number of aryl methyl sites for hydroxylation is 1. The molecular weight excluding hydrogens is 845 g/mol. The van der Waals surface area contributed by atoms with Crippen LogP contribution in [0.3, 0.4) is 0 Å². The fourth-order valence-electron chi connectivity index (χ4n) is 10.9. The molecule has 0 spiro atoms. The molecule has 0 unspecified atom stereocenters. The summed E-state index contributed by atoms with van der Waals surface area (Å²) in [5.41, 5.74) is 22.8. The van der Waals surface area contributed by atoms with Gasteiger partial charge in [0, 0.05) is 39.2 Å². The van der Waals surface area contributed by atoms with E-state index in [9.17, 15) is 0 Å². The Balaban J connectivity index is 0.976. The van der Waals surface area contributed by atoms with Crippen molar-refractivity contribution in [3.63, 3.8) is 0 Å². The van der Waals surface area contributed by atoms with Crippen LogP contribution < -0.4 is 9.80 Å². The molecule has 11 aromatic carbocycles. The van der Waals surface area contributed by atoms with Gasteiger partial charge in [0.1, 0.15) is 0 Å². The lowest BCUT2D eigenvalue weighted by molar-refractivity contribution is 0.660. The van der Waals surface area contributed by atoms with Gasteiger partial charge in [0.2, 0.25) is 0 Å². The maximum atomic E-state index is 2.42. The molecule has 1 aliphatic rings. The van der Waals surface area contributed by atoms with Crippen LogP contribution in [0.15, 0.2) is 261 Å². The molecule has 0 aromatic heterocycles. The first-order valence-electron chi connectivity index (χ1n) is 24.3. The fourth-order valence-corrected chi connectivity index (χ4v) is 10.9. The highest BCUT2D eigenvalue weighted by atomic mass is 15.1. The van der Waals surface area contributed by atoms with Gasteiger partial charge in [0.05, 0.1) is 5.69 Å². The molecule has 0 fully saturated rings. The van der Waals surface area contributed by atoms with Crippen molar-refractivity contribution in [1.82, 2.24) is 0 Å². The molecule has 334 valence electrons. The molecule has 70 heavy (non-hydrogen) atoms. The largest absolute Gasteiger partial charge is 0.310 e. The van der Waals surface area contributed by atoms with Gasteiger partial charge in [-0.1, -0.05) is 196 Å². The SMILES string of the molecule is Cc1cccc2c1-c1ccc(N(c3ccccc3)c3ccc(-c4cc(-c5ccccc5)c(-c5ccc(N(c6ccccc6)c6cccc7ccccc67)cc5)cc4-c4ccccc4)cc3)cc1C2(C)C. The number of fused-ring (bicyclic) bond motifs is 4. The van der Waals surface area contributed by atoms with Crippen LogP contribution in [0.2, 0.25) is 0 Å². The molecule has 0 bridgehead atoms. The molecule has 0 heterocycles. The van der Waals surface area contributed by atoms with Crippen molar-refractivity contribution < 1.29 is 0 Å². The summed E-state index contributed by atoms with van der Waals surface area (Å²) in [6, 6.07) is 95.3. The highest BCUT2D eigenvalue weighted by Gasteiger charge is 2.36. The molecule has 1 aliphatic carbocycles. The van der Waals surface area contributed by atoms with Crippen LogP contribution in [0.4, 0.5) is 34.1 Å². The highest BCUT2D eigenvalue weighted by molar-refractivity contribution is 6.00. The molecule has 2 heteroatoms. The summed E-state index contributed by atoms with van der Waals surface area (Å²) in [6.07, 6.45) is 0. The van der Waals surface area contributed by atoms with Crippen molar-refractivity contribution in [3.05, 3.63) is 278 Å². The third-order valence-electron chi connectivity index (χ3n) is 14.4. The molecule has 11 aromatic rings. The Morgan fingerprint density at radius 3 is 1.30 bits per heavy atom. The first kappa shape index (κ1) is 42.6. The number of hydrogen-bond acceptors (Lipinski definition) is 2. The molecule has 0 N–H and O–H groups in total. The van der Waals surface area contributed by atoms with Gasteiger partial charge >= 0.3 is 0 Å². The van der Waals surface area contributed by atoms with Crippen LogP contribution in [0.25, 0.3) is 66.4 Å². The highest BCUT2D eigenvalue weighted by Crippen LogP contribution is 2.52. The maximum absolute atomic E-state index is 2.42. The summed E-state index contributed by atoms with van der Waals surface area (Å²) in [5.74, 6) is 0. The van der Waals surface area contributed by atoms with E-state index in [1.54, 1.807) is 0 Å². The molecule has 0 atom stereocenters. The predicted octanol–water partition coefficient (Wildman–Crippen LogP) is 19.1. The van der Waals surface area contributed by atoms with E-state index in [0.29, 0.717) is 0 Å². The minimum Gasteiger partial charge on any atom is -0.310 e. The fraction of sp³-hybridized carbons (Fsp3) is 0.0588. The van der Waals surface area contributed by atoms with Crippen molar-refractivity contribution >= 4 is 44.9 Å². The van der Waals surface area contributed by atoms with E-state index in [1.165, 1.54) is 72.0 Å². The van der Waals surface area contributed by atoms with E-state index in [4.69, 9.17) is 0 Å². The Bertz CT molecular complexity index is 3650. The summed E-state index contributed by atoms with van der Waals surface area (Å²) in [5, 5.41) is 2.42. The molecule has 0 saturated carbocycles. The molecule has 0 radical (unpaired) electrons. The van der Waals surface area contributed by atoms with E-state index < -0.39 is 0 Å². The molecule has 0 aliphatic heterocycles. The quantitative estimate of drug-likeness (QED) is 0.135. The van der Waals surface area contributed by atoms with Crippen LogP contribution in [0, 0.1) is 6.92 Å². The van der Waals surface area contributed by atoms with E-state index in [1.807, 2.05) is 0 Å². The van der Waals surface area contributed by atoms with Gasteiger partial charge in [-0.15, -0.1) is 0 Å². The topological polar surface area (TPSA) is 6.48 Å². The third-order valence-corrected chi connectivity index (χ3v) is 14.4. The molecule has 0 saturated heterocycles. The summed E-state index contributed by atoms with van der Waals surface area (Å²) >= 11 is 0. The Morgan fingerprint density at radius 2 is 0.729 bits per heavy atom. The number of anilines is 6. The number of rotatable bonds is 10. The Morgan fingerprint density at radius 1 is 0.300 bits per heavy atom. The van der Waals surface area contributed by atoms with Crippen LogP contribution in [0.5, 0.6) is 0 Å². The van der Waals surface area contributed by atoms with Crippen LogP contribution >= 0.6 is 0 Å². The number of hydrogen-bond donors (Lipinski definition) is 0. The van der Waals surface area contributed by atoms with Crippen LogP contribution in [-0.4, -0.2) is 0 Å². The summed E-state index contributed by atoms with van der Waals surface area (Å²) < 4.78 is 0. The number of nitrogens with zero attached hydrogens (tertiary/aromatic N) is 2. The normalized spacial score (nSPS) is 12.3. The minimum absolute atomic E-state index is 0.114. The van der Waals surface area contributed by atoms with Crippen LogP contribution in [0.1, 0.15) is 30.5 Å². The van der Waals surface area contributed by atoms with Crippen molar-refractivity contribution in [2.24, 2.45) is 0 Å². The van der Waals surface area contributed by atoms with Gasteiger partial charge in [0.15, 0.2) is 0 Å². The van der Waals surface area contributed by atoms with Gasteiger partial charge in [-0.25, -0.2) is 0 Å². The molecule has 2 nitrogen and oxygen atoms in total. The van der Waals surface area contributed by atoms with E-state index in [0.717, 1.165) is 45.3 Å². The Labute approximate surface area is 412 Å². The van der Waals surface area contributed by atoms with E-state index in [2.05, 4.69) is 291 Å². The minimum atomic E-state index is -0.114. The van der Waals surface area contributed by atoms with E-state index >= 15 is 0 Å². The lowest BCUT2D eigenvalue weighted by Crippen LogP contribution is -2.16. The first-order valence-corrected chi connectivity index (χ1v) is 24.3. The predicted molar refractivity (Wildman–Crippen MR) is 297 cm³/mol. The zero-order valence-corrected chi connectivity index (χ0v) is 39.7. The summed E-state index contributed by atoms with van der Waals surface area (Å²) in [4.78, 5) is 4.77. The Kier molecular flexibility index (Phi) is 10.8. The van der Waals surface area contributed by atoms with Gasteiger partial charge in [-0.2, -0.15) is 0 Å². The summed E-state index contributed by atoms with van der Waals surface area (Å²) in [6.45, 7) is 6.97. The zero-order valence-electron chi connectivity index (χ0n) is 39.7. The maximum Gasteiger partial charge on any atom is 0.0540 e. The van der Waals surface area contributed by atoms with Crippen molar-refractivity contribution in [3.8, 4) is 55.6 Å². The number of benzene rings is 11. The average molecular weight is 897 g/mol. The van der Waals surface area contributed by atoms with Crippen molar-refractivity contribution in [2.75, 3.05) is 9.80 Å². The second kappa shape index (κ2) is 17.7. The summed E-state index contributed by atoms with van der Waals surface area (Å²) in [7, 11) is 0. The van der Waals surface area contributed by atoms with Gasteiger partial charge in [-0.05, 0) is 163 Å². The molecule has 12 rings (SSSR count). The lowest BCUT2D eigenvalue weighted by atomic mass is 9.82. The average Bonchev–Trinajstić information content (AvgIpc) is 3.65. The van der Waals surface area contributed by atoms with Crippen molar-refractivity contribution in [1.29, 1.82) is 0 Å².